The van der Waals surface area contributed by atoms with Gasteiger partial charge in [-0.15, -0.1) is 11.8 Å². The van der Waals surface area contributed by atoms with Gasteiger partial charge in [-0.3, -0.25) is 14.6 Å². The number of hydrogen-bond donors (Lipinski definition) is 4. The van der Waals surface area contributed by atoms with Crippen LogP contribution in [0.5, 0.6) is 0 Å². The first kappa shape index (κ1) is 18.0. The molecule has 3 aliphatic rings. The maximum Gasteiger partial charge on any atom is 0.273 e. The Kier molecular flexibility index (Phi) is 5.13. The summed E-state index contributed by atoms with van der Waals surface area (Å²) in [6, 6.07) is 9.11. The van der Waals surface area contributed by atoms with E-state index < -0.39 is 0 Å². The summed E-state index contributed by atoms with van der Waals surface area (Å²) in [5.74, 6) is 1.72. The topological polar surface area (TPSA) is 74.8 Å². The Balaban J connectivity index is 1.65. The lowest BCUT2D eigenvalue weighted by molar-refractivity contribution is -0.783. The largest absolute Gasteiger partial charge is 0.367 e. The summed E-state index contributed by atoms with van der Waals surface area (Å²) in [6.45, 7) is 0.249. The van der Waals surface area contributed by atoms with E-state index in [4.69, 9.17) is 5.73 Å². The molecule has 1 amide bonds. The summed E-state index contributed by atoms with van der Waals surface area (Å²) in [7, 11) is 0. The van der Waals surface area contributed by atoms with E-state index in [1.165, 1.54) is 30.6 Å². The van der Waals surface area contributed by atoms with Crippen molar-refractivity contribution in [3.8, 4) is 0 Å². The van der Waals surface area contributed by atoms with Crippen molar-refractivity contribution in [2.45, 2.75) is 36.6 Å². The van der Waals surface area contributed by atoms with Crippen LogP contribution in [0.1, 0.15) is 31.2 Å². The van der Waals surface area contributed by atoms with Crippen molar-refractivity contribution in [3.63, 3.8) is 0 Å². The van der Waals surface area contributed by atoms with Gasteiger partial charge in [-0.05, 0) is 31.2 Å². The number of rotatable bonds is 6. The third-order valence-electron chi connectivity index (χ3n) is 5.20. The van der Waals surface area contributed by atoms with Crippen LogP contribution in [0.3, 0.4) is 0 Å². The molecule has 2 aliphatic heterocycles. The van der Waals surface area contributed by atoms with Crippen molar-refractivity contribution in [2.75, 3.05) is 12.8 Å². The van der Waals surface area contributed by atoms with Gasteiger partial charge < -0.3 is 16.4 Å². The van der Waals surface area contributed by atoms with Crippen LogP contribution < -0.4 is 21.3 Å². The van der Waals surface area contributed by atoms with Gasteiger partial charge in [-0.2, -0.15) is 0 Å². The zero-order valence-electron chi connectivity index (χ0n) is 15.5. The zero-order valence-corrected chi connectivity index (χ0v) is 16.3. The Bertz CT molecular complexity index is 808. The Morgan fingerprint density at radius 2 is 2.07 bits per heavy atom. The van der Waals surface area contributed by atoms with E-state index in [-0.39, 0.29) is 12.5 Å². The minimum Gasteiger partial charge on any atom is -0.367 e. The summed E-state index contributed by atoms with van der Waals surface area (Å²) in [5.41, 5.74) is 7.58. The lowest BCUT2D eigenvalue weighted by atomic mass is 10.1. The number of nitrogens with zero attached hydrogens (tertiary/aromatic N) is 1. The molecular weight excluding hydrogens is 358 g/mol. The summed E-state index contributed by atoms with van der Waals surface area (Å²) in [5, 5.41) is 7.30. The van der Waals surface area contributed by atoms with E-state index >= 15 is 0 Å². The van der Waals surface area contributed by atoms with Crippen LogP contribution in [-0.4, -0.2) is 29.6 Å². The molecule has 0 aromatic heterocycles. The standard InChI is InChI=1S/C20H25N5OS/c1-27-16-8-6-14(7-9-16)19-20(22-15-4-2-3-5-15)25-11-10-24(12-17(21)26)13-18(25)23-19/h6-11,13,15,22-23H,2-5,12H2,1H3,(H2,21,26)/p+1. The molecule has 1 unspecified atom stereocenters. The molecule has 1 aliphatic carbocycles. The van der Waals surface area contributed by atoms with E-state index in [1.54, 1.807) is 11.8 Å². The van der Waals surface area contributed by atoms with Gasteiger partial charge in [0.15, 0.2) is 12.4 Å². The van der Waals surface area contributed by atoms with Gasteiger partial charge in [0.25, 0.3) is 5.91 Å². The van der Waals surface area contributed by atoms with Gasteiger partial charge in [0.1, 0.15) is 18.2 Å². The molecule has 1 saturated carbocycles. The second kappa shape index (κ2) is 7.70. The van der Waals surface area contributed by atoms with Crippen LogP contribution in [0, 0.1) is 0 Å². The molecule has 5 N–H and O–H groups in total. The summed E-state index contributed by atoms with van der Waals surface area (Å²) in [4.78, 5) is 15.6. The number of hydrogen-bond acceptors (Lipinski definition) is 5. The number of carbonyl (C=O) groups is 1. The molecule has 1 atom stereocenters. The van der Waals surface area contributed by atoms with Gasteiger partial charge in [0.05, 0.1) is 11.9 Å². The van der Waals surface area contributed by atoms with Gasteiger partial charge >= 0.3 is 0 Å². The molecule has 142 valence electrons. The highest BCUT2D eigenvalue weighted by atomic mass is 32.2. The Hall–Kier alpha value is -2.38. The zero-order chi connectivity index (χ0) is 18.8. The Morgan fingerprint density at radius 3 is 2.74 bits per heavy atom. The lowest BCUT2D eigenvalue weighted by Gasteiger charge is -2.25. The SMILES string of the molecule is CSc1ccc(C2=C(NC3CCCC3)N3C=C[NH+](CC(N)=O)C=C3N2)cc1. The first-order valence-corrected chi connectivity index (χ1v) is 10.6. The van der Waals surface area contributed by atoms with E-state index in [9.17, 15) is 4.79 Å². The van der Waals surface area contributed by atoms with Crippen LogP contribution in [0.15, 0.2) is 59.4 Å². The fourth-order valence-electron chi connectivity index (χ4n) is 3.83. The van der Waals surface area contributed by atoms with Crippen LogP contribution in [0.4, 0.5) is 0 Å². The Labute approximate surface area is 164 Å². The highest BCUT2D eigenvalue weighted by Gasteiger charge is 2.33. The van der Waals surface area contributed by atoms with Crippen LogP contribution in [0.2, 0.25) is 0 Å². The second-order valence-electron chi connectivity index (χ2n) is 7.14. The van der Waals surface area contributed by atoms with Crippen molar-refractivity contribution < 1.29 is 9.69 Å². The van der Waals surface area contributed by atoms with Crippen molar-refractivity contribution in [1.82, 2.24) is 15.5 Å². The monoisotopic (exact) mass is 384 g/mol. The Morgan fingerprint density at radius 1 is 1.33 bits per heavy atom. The van der Waals surface area contributed by atoms with Gasteiger partial charge in [0, 0.05) is 16.5 Å². The van der Waals surface area contributed by atoms with Crippen LogP contribution >= 0.6 is 11.8 Å². The van der Waals surface area contributed by atoms with E-state index in [0.717, 1.165) is 27.8 Å². The molecular formula is C20H26N5OS+. The highest BCUT2D eigenvalue weighted by Crippen LogP contribution is 2.31. The predicted octanol–water partition coefficient (Wildman–Crippen LogP) is 1.13. The minimum absolute atomic E-state index is 0.249. The van der Waals surface area contributed by atoms with E-state index in [1.807, 2.05) is 18.6 Å². The molecule has 2 heterocycles. The van der Waals surface area contributed by atoms with Crippen LogP contribution in [-0.2, 0) is 4.79 Å². The predicted molar refractivity (Wildman–Crippen MR) is 108 cm³/mol. The van der Waals surface area contributed by atoms with E-state index in [0.29, 0.717) is 6.04 Å². The number of nitrogens with one attached hydrogen (secondary N) is 3. The van der Waals surface area contributed by atoms with Crippen molar-refractivity contribution in [2.24, 2.45) is 5.73 Å². The minimum atomic E-state index is -0.317. The average Bonchev–Trinajstić information content (AvgIpc) is 3.30. The first-order valence-electron chi connectivity index (χ1n) is 9.39. The van der Waals surface area contributed by atoms with Gasteiger partial charge in [-0.25, -0.2) is 0 Å². The third kappa shape index (κ3) is 3.84. The van der Waals surface area contributed by atoms with Gasteiger partial charge in [0.2, 0.25) is 0 Å². The molecule has 0 bridgehead atoms. The number of primary amides is 1. The molecule has 27 heavy (non-hydrogen) atoms. The molecule has 1 fully saturated rings. The molecule has 7 heteroatoms. The number of amides is 1. The fourth-order valence-corrected chi connectivity index (χ4v) is 4.23. The number of benzene rings is 1. The molecule has 1 aromatic rings. The second-order valence-corrected chi connectivity index (χ2v) is 8.02. The van der Waals surface area contributed by atoms with Gasteiger partial charge in [-0.1, -0.05) is 25.0 Å². The highest BCUT2D eigenvalue weighted by molar-refractivity contribution is 7.98. The molecule has 0 radical (unpaired) electrons. The molecule has 0 saturated heterocycles. The summed E-state index contributed by atoms with van der Waals surface area (Å²) < 4.78 is 0. The molecule has 1 aromatic carbocycles. The summed E-state index contributed by atoms with van der Waals surface area (Å²) >= 11 is 1.74. The molecule has 4 rings (SSSR count). The normalized spacial score (nSPS) is 21.9. The smallest absolute Gasteiger partial charge is 0.273 e. The maximum atomic E-state index is 11.3. The van der Waals surface area contributed by atoms with Crippen molar-refractivity contribution in [3.05, 3.63) is 60.1 Å². The molecule has 0 spiro atoms. The van der Waals surface area contributed by atoms with Crippen molar-refractivity contribution in [1.29, 1.82) is 0 Å². The third-order valence-corrected chi connectivity index (χ3v) is 5.95. The average molecular weight is 385 g/mol. The van der Waals surface area contributed by atoms with E-state index in [2.05, 4.69) is 46.1 Å². The number of thioether (sulfide) groups is 1. The fraction of sp³-hybridized carbons (Fsp3) is 0.350. The lowest BCUT2D eigenvalue weighted by Crippen LogP contribution is -3.05. The number of fused-ring (bicyclic) bond motifs is 1. The summed E-state index contributed by atoms with van der Waals surface area (Å²) in [6.07, 6.45) is 13.0. The van der Waals surface area contributed by atoms with Crippen molar-refractivity contribution >= 4 is 23.4 Å². The number of carbonyl (C=O) groups excluding carboxylic acids is 1. The van der Waals surface area contributed by atoms with Crippen LogP contribution in [0.25, 0.3) is 5.70 Å². The quantitative estimate of drug-likeness (QED) is 0.553. The first-order chi connectivity index (χ1) is 13.1. The number of quaternary nitrogens is 1. The maximum absolute atomic E-state index is 11.3. The molecule has 6 nitrogen and oxygen atoms in total. The number of nitrogens with two attached hydrogens (primary N) is 1.